The lowest BCUT2D eigenvalue weighted by atomic mass is 9.93. The summed E-state index contributed by atoms with van der Waals surface area (Å²) in [6, 6.07) is 8.68. The van der Waals surface area contributed by atoms with Crippen LogP contribution in [0.15, 0.2) is 24.3 Å². The second-order valence-corrected chi connectivity index (χ2v) is 8.28. The molecule has 0 aliphatic carbocycles. The molecule has 1 atom stereocenters. The molecule has 0 spiro atoms. The van der Waals surface area contributed by atoms with Crippen LogP contribution in [0.3, 0.4) is 0 Å². The maximum Gasteiger partial charge on any atom is 0.235 e. The Hall–Kier alpha value is -1.92. The molecule has 0 saturated carbocycles. The van der Waals surface area contributed by atoms with Gasteiger partial charge < -0.3 is 10.0 Å². The fraction of sp³-hybridized carbons (Fsp3) is 0.474. The molecule has 1 aromatic carbocycles. The van der Waals surface area contributed by atoms with E-state index in [2.05, 4.69) is 48.2 Å². The highest BCUT2D eigenvalue weighted by molar-refractivity contribution is 7.17. The number of fused-ring (bicyclic) bond motifs is 1. The van der Waals surface area contributed by atoms with E-state index in [1.807, 2.05) is 6.92 Å². The predicted octanol–water partition coefficient (Wildman–Crippen LogP) is 2.52. The number of thiazole rings is 1. The number of hydrogen-bond acceptors (Lipinski definition) is 4. The van der Waals surface area contributed by atoms with E-state index >= 15 is 0 Å². The second kappa shape index (κ2) is 6.42. The van der Waals surface area contributed by atoms with Gasteiger partial charge in [-0.05, 0) is 38.2 Å². The SMILES string of the molecule is Cc1nc2sc([C@@H](c3ccccc3C)[NH+]3CCC(C)CC3)c(O)n2n1. The van der Waals surface area contributed by atoms with Crippen LogP contribution in [0.5, 0.6) is 5.88 Å². The van der Waals surface area contributed by atoms with E-state index < -0.39 is 0 Å². The lowest BCUT2D eigenvalue weighted by molar-refractivity contribution is -0.931. The zero-order valence-corrected chi connectivity index (χ0v) is 15.8. The third-order valence-electron chi connectivity index (χ3n) is 5.39. The van der Waals surface area contributed by atoms with Gasteiger partial charge in [-0.3, -0.25) is 0 Å². The summed E-state index contributed by atoms with van der Waals surface area (Å²) in [4.78, 5) is 7.73. The fourth-order valence-electron chi connectivity index (χ4n) is 3.91. The van der Waals surface area contributed by atoms with Gasteiger partial charge in [0.1, 0.15) is 10.7 Å². The summed E-state index contributed by atoms with van der Waals surface area (Å²) in [5, 5.41) is 15.2. The Morgan fingerprint density at radius 3 is 2.64 bits per heavy atom. The molecule has 0 unspecified atom stereocenters. The molecule has 0 bridgehead atoms. The van der Waals surface area contributed by atoms with Crippen LogP contribution in [0.1, 0.15) is 47.6 Å². The van der Waals surface area contributed by atoms with Gasteiger partial charge >= 0.3 is 0 Å². The minimum atomic E-state index is 0.141. The number of nitrogens with zero attached hydrogens (tertiary/aromatic N) is 3. The molecule has 2 N–H and O–H groups in total. The largest absolute Gasteiger partial charge is 0.492 e. The van der Waals surface area contributed by atoms with Crippen molar-refractivity contribution in [1.29, 1.82) is 0 Å². The van der Waals surface area contributed by atoms with Gasteiger partial charge in [0.2, 0.25) is 10.8 Å². The number of aromatic nitrogens is 3. The van der Waals surface area contributed by atoms with Gasteiger partial charge in [0.05, 0.1) is 13.1 Å². The minimum Gasteiger partial charge on any atom is -0.492 e. The monoisotopic (exact) mass is 357 g/mol. The van der Waals surface area contributed by atoms with Crippen LogP contribution >= 0.6 is 11.3 Å². The summed E-state index contributed by atoms with van der Waals surface area (Å²) in [7, 11) is 0. The van der Waals surface area contributed by atoms with Crippen LogP contribution in [0, 0.1) is 19.8 Å². The summed E-state index contributed by atoms with van der Waals surface area (Å²) in [5.41, 5.74) is 2.57. The van der Waals surface area contributed by atoms with E-state index in [4.69, 9.17) is 0 Å². The van der Waals surface area contributed by atoms with Crippen molar-refractivity contribution in [1.82, 2.24) is 14.6 Å². The normalized spacial score (nSPS) is 22.4. The van der Waals surface area contributed by atoms with Crippen LogP contribution in [0.4, 0.5) is 0 Å². The molecular weight excluding hydrogens is 332 g/mol. The quantitative estimate of drug-likeness (QED) is 0.757. The Morgan fingerprint density at radius 1 is 1.24 bits per heavy atom. The summed E-state index contributed by atoms with van der Waals surface area (Å²) >= 11 is 1.57. The average molecular weight is 358 g/mol. The van der Waals surface area contributed by atoms with Crippen molar-refractivity contribution in [3.05, 3.63) is 46.1 Å². The van der Waals surface area contributed by atoms with Gasteiger partial charge in [-0.25, -0.2) is 4.98 Å². The highest BCUT2D eigenvalue weighted by atomic mass is 32.1. The first-order chi connectivity index (χ1) is 12.0. The average Bonchev–Trinajstić information content (AvgIpc) is 3.09. The summed E-state index contributed by atoms with van der Waals surface area (Å²) < 4.78 is 1.59. The molecule has 1 fully saturated rings. The van der Waals surface area contributed by atoms with Crippen molar-refractivity contribution in [2.45, 2.75) is 39.7 Å². The van der Waals surface area contributed by atoms with Crippen LogP contribution in [0.25, 0.3) is 4.96 Å². The fourth-order valence-corrected chi connectivity index (χ4v) is 5.09. The second-order valence-electron chi connectivity index (χ2n) is 7.27. The van der Waals surface area contributed by atoms with Crippen molar-refractivity contribution >= 4 is 16.3 Å². The van der Waals surface area contributed by atoms with Crippen LogP contribution in [0.2, 0.25) is 0 Å². The van der Waals surface area contributed by atoms with Crippen LogP contribution in [-0.4, -0.2) is 32.8 Å². The molecule has 3 heterocycles. The standard InChI is InChI=1S/C19H24N4OS/c1-12-8-10-22(11-9-12)16(15-7-5-4-6-13(15)2)17-18(24)23-19(25-17)20-14(3)21-23/h4-7,12,16,24H,8-11H2,1-3H3/p+1/t16-/m1/s1. The minimum absolute atomic E-state index is 0.141. The number of aryl methyl sites for hydroxylation is 2. The van der Waals surface area contributed by atoms with Gasteiger partial charge in [-0.1, -0.05) is 42.5 Å². The topological polar surface area (TPSA) is 54.9 Å². The molecular formula is C19H25N4OS+. The van der Waals surface area contributed by atoms with E-state index in [-0.39, 0.29) is 11.9 Å². The number of nitrogens with one attached hydrogen (secondary N) is 1. The molecule has 0 amide bonds. The lowest BCUT2D eigenvalue weighted by Gasteiger charge is -2.34. The Bertz CT molecular complexity index is 892. The molecule has 1 saturated heterocycles. The van der Waals surface area contributed by atoms with E-state index in [9.17, 15) is 5.11 Å². The van der Waals surface area contributed by atoms with E-state index in [0.717, 1.165) is 28.8 Å². The smallest absolute Gasteiger partial charge is 0.235 e. The van der Waals surface area contributed by atoms with Crippen molar-refractivity contribution in [2.75, 3.05) is 13.1 Å². The summed E-state index contributed by atoms with van der Waals surface area (Å²) in [6.07, 6.45) is 2.47. The Balaban J connectivity index is 1.83. The number of quaternary nitrogens is 1. The summed E-state index contributed by atoms with van der Waals surface area (Å²) in [5.74, 6) is 1.74. The molecule has 4 rings (SSSR count). The number of rotatable bonds is 3. The van der Waals surface area contributed by atoms with Crippen LogP contribution in [-0.2, 0) is 0 Å². The first kappa shape index (κ1) is 16.5. The number of piperidine rings is 1. The highest BCUT2D eigenvalue weighted by Crippen LogP contribution is 2.36. The molecule has 1 aliphatic rings. The maximum absolute atomic E-state index is 10.9. The van der Waals surface area contributed by atoms with Crippen molar-refractivity contribution < 1.29 is 10.0 Å². The number of likely N-dealkylation sites (tertiary alicyclic amines) is 1. The predicted molar refractivity (Wildman–Crippen MR) is 99.4 cm³/mol. The third-order valence-corrected chi connectivity index (χ3v) is 6.48. The zero-order valence-electron chi connectivity index (χ0n) is 15.0. The molecule has 25 heavy (non-hydrogen) atoms. The molecule has 2 aromatic heterocycles. The molecule has 0 radical (unpaired) electrons. The molecule has 3 aromatic rings. The van der Waals surface area contributed by atoms with E-state index in [1.165, 1.54) is 28.9 Å². The van der Waals surface area contributed by atoms with Gasteiger partial charge in [0.15, 0.2) is 6.04 Å². The maximum atomic E-state index is 10.9. The van der Waals surface area contributed by atoms with Gasteiger partial charge in [-0.15, -0.1) is 5.10 Å². The Labute approximate surface area is 151 Å². The van der Waals surface area contributed by atoms with E-state index in [0.29, 0.717) is 5.82 Å². The van der Waals surface area contributed by atoms with Crippen molar-refractivity contribution in [3.63, 3.8) is 0 Å². The first-order valence-corrected chi connectivity index (χ1v) is 9.81. The van der Waals surface area contributed by atoms with Gasteiger partial charge in [0.25, 0.3) is 0 Å². The first-order valence-electron chi connectivity index (χ1n) is 8.99. The number of aromatic hydroxyl groups is 1. The number of benzene rings is 1. The van der Waals surface area contributed by atoms with Crippen LogP contribution < -0.4 is 4.90 Å². The van der Waals surface area contributed by atoms with Gasteiger partial charge in [0, 0.05) is 5.56 Å². The molecule has 5 nitrogen and oxygen atoms in total. The molecule has 132 valence electrons. The zero-order chi connectivity index (χ0) is 17.6. The molecule has 6 heteroatoms. The Kier molecular flexibility index (Phi) is 4.25. The lowest BCUT2D eigenvalue weighted by Crippen LogP contribution is -3.13. The highest BCUT2D eigenvalue weighted by Gasteiger charge is 2.35. The molecule has 1 aliphatic heterocycles. The number of hydrogen-bond donors (Lipinski definition) is 2. The van der Waals surface area contributed by atoms with E-state index in [1.54, 1.807) is 15.9 Å². The Morgan fingerprint density at radius 2 is 1.96 bits per heavy atom. The van der Waals surface area contributed by atoms with Gasteiger partial charge in [-0.2, -0.15) is 4.52 Å². The summed E-state index contributed by atoms with van der Waals surface area (Å²) in [6.45, 7) is 8.61. The van der Waals surface area contributed by atoms with Crippen molar-refractivity contribution in [2.24, 2.45) is 5.92 Å². The third kappa shape index (κ3) is 2.93. The van der Waals surface area contributed by atoms with Crippen molar-refractivity contribution in [3.8, 4) is 5.88 Å².